The number of aromatic nitrogens is 6. The summed E-state index contributed by atoms with van der Waals surface area (Å²) in [5.41, 5.74) is 19.8. The number of anilines is 6. The van der Waals surface area contributed by atoms with E-state index in [1.165, 1.54) is 21.5 Å². The molecule has 0 saturated carbocycles. The van der Waals surface area contributed by atoms with Gasteiger partial charge < -0.3 is 51.1 Å². The summed E-state index contributed by atoms with van der Waals surface area (Å²) in [6.07, 6.45) is 15.5. The van der Waals surface area contributed by atoms with Gasteiger partial charge in [0, 0.05) is 164 Å². The smallest absolute Gasteiger partial charge is 0.246 e. The maximum absolute atomic E-state index is 12.1. The quantitative estimate of drug-likeness (QED) is 0.100. The van der Waals surface area contributed by atoms with E-state index in [4.69, 9.17) is 44.8 Å². The molecule has 1 amide bonds. The fraction of sp³-hybridized carbons (Fsp3) is 0.491. The number of nitrogen functional groups attached to an aromatic ring is 2. The molecule has 0 aromatic carbocycles. The minimum absolute atomic E-state index is 0.0182. The van der Waals surface area contributed by atoms with Crippen LogP contribution in [0.4, 0.5) is 44.4 Å². The van der Waals surface area contributed by atoms with Crippen molar-refractivity contribution in [1.82, 2.24) is 49.5 Å². The van der Waals surface area contributed by atoms with Gasteiger partial charge in [0.1, 0.15) is 11.6 Å². The SMILES string of the molecule is [C-]#[N+]c1c(N)sc2c1C(C)(c1cnn(-c3cc(N4CCN(C(=O)C=C)CC4)cc(N4CCN(C)CC4)n3)c1)CCC2.[C-]#[N+]c1c(N)sc2c1C(C)(c1cnn(-c3cc(N4CCNCC4)cc(N4CCN(C)CC4)n3)c1)CCC2. The normalized spacial score (nSPS) is 22.0. The van der Waals surface area contributed by atoms with Gasteiger partial charge in [-0.3, -0.25) is 4.79 Å². The van der Waals surface area contributed by atoms with Crippen molar-refractivity contribution < 1.29 is 4.79 Å². The Morgan fingerprint density at radius 3 is 1.46 bits per heavy atom. The molecule has 408 valence electrons. The third kappa shape index (κ3) is 10.2. The monoisotopic (exact) mass is 1090 g/mol. The number of piperazine rings is 4. The van der Waals surface area contributed by atoms with Gasteiger partial charge in [-0.15, -0.1) is 22.7 Å². The number of nitrogens with one attached hydrogen (secondary N) is 1. The largest absolute Gasteiger partial charge is 0.399 e. The van der Waals surface area contributed by atoms with Crippen molar-refractivity contribution in [2.45, 2.75) is 63.2 Å². The highest BCUT2D eigenvalue weighted by atomic mass is 32.1. The fourth-order valence-corrected chi connectivity index (χ4v) is 14.8. The average molecular weight is 1090 g/mol. The summed E-state index contributed by atoms with van der Waals surface area (Å²) in [4.78, 5) is 48.6. The van der Waals surface area contributed by atoms with Crippen molar-refractivity contribution in [3.8, 4) is 11.6 Å². The maximum Gasteiger partial charge on any atom is 0.246 e. The summed E-state index contributed by atoms with van der Waals surface area (Å²) >= 11 is 3.14. The lowest BCUT2D eigenvalue weighted by atomic mass is 9.70. The highest BCUT2D eigenvalue weighted by molar-refractivity contribution is 7.17. The number of carbonyl (C=O) groups excluding carboxylic acids is 1. The van der Waals surface area contributed by atoms with Gasteiger partial charge in [-0.2, -0.15) is 10.2 Å². The third-order valence-corrected chi connectivity index (χ3v) is 19.3. The molecule has 6 aliphatic rings. The Hall–Kier alpha value is -7.01. The van der Waals surface area contributed by atoms with E-state index in [2.05, 4.69) is 116 Å². The van der Waals surface area contributed by atoms with E-state index >= 15 is 0 Å². The summed E-state index contributed by atoms with van der Waals surface area (Å²) in [5.74, 6) is 3.55. The Labute approximate surface area is 466 Å². The van der Waals surface area contributed by atoms with Gasteiger partial charge in [-0.25, -0.2) is 29.0 Å². The molecular formula is C57H72N18OS2. The fourth-order valence-electron chi connectivity index (χ4n) is 12.4. The number of likely N-dealkylation sites (N-methyl/N-ethyl adjacent to an activating group) is 2. The van der Waals surface area contributed by atoms with Crippen LogP contribution in [0, 0.1) is 13.1 Å². The number of pyridine rings is 2. The summed E-state index contributed by atoms with van der Waals surface area (Å²) < 4.78 is 3.80. The van der Waals surface area contributed by atoms with Crippen LogP contribution in [0.3, 0.4) is 0 Å². The maximum atomic E-state index is 12.1. The second-order valence-electron chi connectivity index (χ2n) is 22.1. The number of rotatable bonds is 9. The highest BCUT2D eigenvalue weighted by Crippen LogP contribution is 2.54. The van der Waals surface area contributed by atoms with Gasteiger partial charge in [0.2, 0.25) is 17.3 Å². The summed E-state index contributed by atoms with van der Waals surface area (Å²) in [7, 11) is 4.33. The lowest BCUT2D eigenvalue weighted by Gasteiger charge is -2.37. The molecule has 0 bridgehead atoms. The molecule has 4 aliphatic heterocycles. The van der Waals surface area contributed by atoms with Crippen molar-refractivity contribution in [2.75, 3.05) is 150 Å². The first-order chi connectivity index (χ1) is 37.8. The van der Waals surface area contributed by atoms with Gasteiger partial charge in [0.15, 0.2) is 11.6 Å². The predicted molar refractivity (Wildman–Crippen MR) is 315 cm³/mol. The summed E-state index contributed by atoms with van der Waals surface area (Å²) in [6.45, 7) is 38.3. The van der Waals surface area contributed by atoms with E-state index in [9.17, 15) is 4.79 Å². The topological polar surface area (TPSA) is 174 Å². The number of thiophene rings is 2. The number of amides is 1. The molecule has 2 atom stereocenters. The molecule has 0 spiro atoms. The molecule has 21 heteroatoms. The molecule has 78 heavy (non-hydrogen) atoms. The van der Waals surface area contributed by atoms with Crippen LogP contribution in [0.1, 0.15) is 71.5 Å². The van der Waals surface area contributed by atoms with Crippen molar-refractivity contribution in [2.24, 2.45) is 0 Å². The first-order valence-corrected chi connectivity index (χ1v) is 29.1. The van der Waals surface area contributed by atoms with Gasteiger partial charge in [-0.05, 0) is 90.7 Å². The van der Waals surface area contributed by atoms with Gasteiger partial charge >= 0.3 is 0 Å². The number of hydrogen-bond donors (Lipinski definition) is 3. The van der Waals surface area contributed by atoms with Crippen LogP contribution in [0.15, 0.2) is 61.7 Å². The van der Waals surface area contributed by atoms with E-state index in [0.29, 0.717) is 34.5 Å². The number of nitrogens with two attached hydrogens (primary N) is 2. The van der Waals surface area contributed by atoms with Crippen molar-refractivity contribution >= 4 is 73.0 Å². The molecule has 4 saturated heterocycles. The van der Waals surface area contributed by atoms with Crippen LogP contribution in [0.5, 0.6) is 0 Å². The second-order valence-corrected chi connectivity index (χ2v) is 24.4. The van der Waals surface area contributed by atoms with E-state index in [1.54, 1.807) is 22.7 Å². The number of carbonyl (C=O) groups is 1. The molecule has 6 aromatic heterocycles. The predicted octanol–water partition coefficient (Wildman–Crippen LogP) is 6.96. The van der Waals surface area contributed by atoms with Crippen LogP contribution in [0.2, 0.25) is 0 Å². The van der Waals surface area contributed by atoms with Gasteiger partial charge in [0.25, 0.3) is 0 Å². The molecule has 4 fully saturated rings. The Morgan fingerprint density at radius 2 is 1.04 bits per heavy atom. The lowest BCUT2D eigenvalue weighted by Crippen LogP contribution is -2.48. The lowest BCUT2D eigenvalue weighted by molar-refractivity contribution is -0.126. The second kappa shape index (κ2) is 22.0. The van der Waals surface area contributed by atoms with E-state index < -0.39 is 0 Å². The molecule has 10 heterocycles. The molecule has 5 N–H and O–H groups in total. The molecule has 0 radical (unpaired) electrons. The number of aryl methyl sites for hydroxylation is 2. The number of fused-ring (bicyclic) bond motifs is 2. The van der Waals surface area contributed by atoms with Crippen LogP contribution < -0.4 is 36.4 Å². The van der Waals surface area contributed by atoms with Crippen LogP contribution in [0.25, 0.3) is 21.3 Å². The van der Waals surface area contributed by atoms with E-state index in [0.717, 1.165) is 181 Å². The van der Waals surface area contributed by atoms with Gasteiger partial charge in [0.05, 0.1) is 35.5 Å². The number of hydrogen-bond acceptors (Lipinski definition) is 16. The summed E-state index contributed by atoms with van der Waals surface area (Å²) in [6, 6.07) is 8.69. The minimum Gasteiger partial charge on any atom is -0.399 e. The molecule has 6 aromatic rings. The first-order valence-electron chi connectivity index (χ1n) is 27.5. The number of nitrogens with zero attached hydrogens (tertiary/aromatic N) is 15. The van der Waals surface area contributed by atoms with Crippen molar-refractivity contribution in [3.63, 3.8) is 0 Å². The Kier molecular flexibility index (Phi) is 15.0. The average Bonchev–Trinajstić information content (AvgIpc) is 4.31. The minimum atomic E-state index is -0.328. The molecule has 2 aliphatic carbocycles. The first kappa shape index (κ1) is 53.0. The molecule has 2 unspecified atom stereocenters. The molecule has 19 nitrogen and oxygen atoms in total. The van der Waals surface area contributed by atoms with Crippen LogP contribution >= 0.6 is 22.7 Å². The Morgan fingerprint density at radius 1 is 0.628 bits per heavy atom. The zero-order valence-corrected chi connectivity index (χ0v) is 47.2. The van der Waals surface area contributed by atoms with E-state index in [-0.39, 0.29) is 16.7 Å². The van der Waals surface area contributed by atoms with E-state index in [1.807, 2.05) is 26.7 Å². The molecular weight excluding hydrogens is 1020 g/mol. The summed E-state index contributed by atoms with van der Waals surface area (Å²) in [5, 5.41) is 14.3. The third-order valence-electron chi connectivity index (χ3n) is 17.2. The van der Waals surface area contributed by atoms with Crippen LogP contribution in [-0.2, 0) is 28.5 Å². The zero-order chi connectivity index (χ0) is 54.3. The van der Waals surface area contributed by atoms with Crippen molar-refractivity contribution in [3.05, 3.63) is 117 Å². The molecule has 12 rings (SSSR count). The highest BCUT2D eigenvalue weighted by Gasteiger charge is 2.41. The van der Waals surface area contributed by atoms with Crippen molar-refractivity contribution in [1.29, 1.82) is 0 Å². The Bertz CT molecular complexity index is 3260. The van der Waals surface area contributed by atoms with Gasteiger partial charge in [-0.1, -0.05) is 20.4 Å². The standard InChI is InChI=1S/C30H37N9OS.C27H35N9S/c1-5-26(40)38-15-13-36(14-16-38)22-17-24(37-11-9-35(4)10-12-37)34-25(18-22)39-20-21(19-33-39)30(2)8-6-7-23-27(30)28(32-3)29(31)41-23;1-27(6-4-5-21-24(27)25(29-2)26(28)37-21)19-17-31-36(18-19)23-16-20(34-9-7-30-8-10-34)15-22(32-23)35-13-11-33(3)12-14-35/h5,17-20H,1,6-16,31H2,2,4H3;15-18,30H,4-14,28H2,1,3H3. The van der Waals surface area contributed by atoms with Crippen LogP contribution in [-0.4, -0.2) is 169 Å². The zero-order valence-electron chi connectivity index (χ0n) is 45.5. The Balaban J connectivity index is 0.000000166.